The van der Waals surface area contributed by atoms with Gasteiger partial charge >= 0.3 is 16.2 Å². The number of carbonyl (C=O) groups is 2. The number of aliphatic carboxylic acids is 1. The van der Waals surface area contributed by atoms with Crippen LogP contribution in [0.5, 0.6) is 0 Å². The summed E-state index contributed by atoms with van der Waals surface area (Å²) in [5, 5.41) is 35.5. The maximum absolute atomic E-state index is 14.6. The van der Waals surface area contributed by atoms with Gasteiger partial charge in [-0.1, -0.05) is 60.7 Å². The molecule has 2 atom stereocenters. The van der Waals surface area contributed by atoms with E-state index in [1.165, 1.54) is 24.3 Å². The van der Waals surface area contributed by atoms with Gasteiger partial charge in [0.2, 0.25) is 0 Å². The fourth-order valence-electron chi connectivity index (χ4n) is 5.54. The molecule has 4 rings (SSSR count). The number of nitrogens with zero attached hydrogens (tertiary/aromatic N) is 2. The average molecular weight is 638 g/mol. The zero-order valence-corrected chi connectivity index (χ0v) is 25.7. The molecule has 0 radical (unpaired) electrons. The van der Waals surface area contributed by atoms with Gasteiger partial charge in [0.15, 0.2) is 0 Å². The first-order valence-electron chi connectivity index (χ1n) is 14.4. The van der Waals surface area contributed by atoms with Gasteiger partial charge in [-0.05, 0) is 68.5 Å². The van der Waals surface area contributed by atoms with E-state index in [1.807, 2.05) is 13.8 Å². The number of amides is 1. The summed E-state index contributed by atoms with van der Waals surface area (Å²) in [4.78, 5) is 25.6. The number of hydrogen-bond acceptors (Lipinski definition) is 6. The molecule has 1 heterocycles. The number of para-hydroxylation sites is 1. The van der Waals surface area contributed by atoms with Crippen LogP contribution in [0.4, 0.5) is 10.1 Å². The maximum atomic E-state index is 14.6. The van der Waals surface area contributed by atoms with E-state index in [-0.39, 0.29) is 30.6 Å². The third-order valence-electron chi connectivity index (χ3n) is 7.32. The summed E-state index contributed by atoms with van der Waals surface area (Å²) in [7, 11) is -4.62. The van der Waals surface area contributed by atoms with Gasteiger partial charge in [-0.2, -0.15) is 12.7 Å². The molecule has 0 bridgehead atoms. The van der Waals surface area contributed by atoms with Crippen LogP contribution >= 0.6 is 0 Å². The minimum atomic E-state index is -4.62. The number of rotatable bonds is 13. The highest BCUT2D eigenvalue weighted by atomic mass is 32.2. The highest BCUT2D eigenvalue weighted by molar-refractivity contribution is 7.91. The Balaban J connectivity index is 2.01. The van der Waals surface area contributed by atoms with Crippen LogP contribution in [0.2, 0.25) is 0 Å². The SMILES string of the molecule is CC(C)n1c(CCC(O)CC(O)CC(=O)O)c(-c2ccc(F)cc2)c(-c2ccccc2)c1C(=O)N(c1ccccc1)S(N)(=O)=O. The smallest absolute Gasteiger partial charge is 0.305 e. The molecule has 3 aromatic carbocycles. The average Bonchev–Trinajstić information content (AvgIpc) is 3.32. The van der Waals surface area contributed by atoms with Crippen molar-refractivity contribution in [3.63, 3.8) is 0 Å². The molecular weight excluding hydrogens is 601 g/mol. The Kier molecular flexibility index (Phi) is 10.6. The quantitative estimate of drug-likeness (QED) is 0.162. The number of aliphatic hydroxyl groups excluding tert-OH is 2. The van der Waals surface area contributed by atoms with Crippen molar-refractivity contribution >= 4 is 27.8 Å². The van der Waals surface area contributed by atoms with Crippen LogP contribution in [0.15, 0.2) is 84.9 Å². The van der Waals surface area contributed by atoms with E-state index in [2.05, 4.69) is 0 Å². The van der Waals surface area contributed by atoms with Crippen LogP contribution in [-0.4, -0.2) is 52.4 Å². The van der Waals surface area contributed by atoms with E-state index in [4.69, 9.17) is 10.2 Å². The molecule has 0 aliphatic heterocycles. The number of carboxylic acids is 1. The van der Waals surface area contributed by atoms with Gasteiger partial charge in [-0.3, -0.25) is 9.59 Å². The predicted molar refractivity (Wildman–Crippen MR) is 169 cm³/mol. The third kappa shape index (κ3) is 7.84. The lowest BCUT2D eigenvalue weighted by molar-refractivity contribution is -0.139. The number of carbonyl (C=O) groups excluding carboxylic acids is 1. The summed E-state index contributed by atoms with van der Waals surface area (Å²) in [6, 6.07) is 21.9. The van der Waals surface area contributed by atoms with Gasteiger partial charge in [0.25, 0.3) is 5.91 Å². The molecule has 12 heteroatoms. The van der Waals surface area contributed by atoms with Crippen LogP contribution in [0.3, 0.4) is 0 Å². The molecule has 1 amide bonds. The van der Waals surface area contributed by atoms with E-state index in [0.717, 1.165) is 0 Å². The topological polar surface area (TPSA) is 163 Å². The normalized spacial score (nSPS) is 13.0. The van der Waals surface area contributed by atoms with Crippen molar-refractivity contribution in [2.45, 2.75) is 57.8 Å². The second-order valence-electron chi connectivity index (χ2n) is 11.0. The van der Waals surface area contributed by atoms with Crippen LogP contribution < -0.4 is 9.44 Å². The molecule has 2 unspecified atom stereocenters. The lowest BCUT2D eigenvalue weighted by atomic mass is 9.92. The molecular formula is C33H36FN3O7S. The number of aliphatic hydroxyl groups is 2. The molecule has 5 N–H and O–H groups in total. The largest absolute Gasteiger partial charge is 0.481 e. The summed E-state index contributed by atoms with van der Waals surface area (Å²) in [6.45, 7) is 3.64. The molecule has 45 heavy (non-hydrogen) atoms. The molecule has 4 aromatic rings. The lowest BCUT2D eigenvalue weighted by Gasteiger charge is -2.24. The summed E-state index contributed by atoms with van der Waals surface area (Å²) >= 11 is 0. The minimum absolute atomic E-state index is 0.0174. The third-order valence-corrected chi connectivity index (χ3v) is 8.21. The minimum Gasteiger partial charge on any atom is -0.481 e. The molecule has 238 valence electrons. The number of halogens is 1. The van der Waals surface area contributed by atoms with Crippen LogP contribution in [0.1, 0.15) is 55.3 Å². The van der Waals surface area contributed by atoms with Crippen molar-refractivity contribution in [2.75, 3.05) is 4.31 Å². The lowest BCUT2D eigenvalue weighted by Crippen LogP contribution is -2.42. The van der Waals surface area contributed by atoms with Crippen LogP contribution in [0, 0.1) is 5.82 Å². The molecule has 1 aromatic heterocycles. The zero-order chi connectivity index (χ0) is 32.9. The number of benzene rings is 3. The van der Waals surface area contributed by atoms with Gasteiger partial charge in [0.05, 0.1) is 24.3 Å². The van der Waals surface area contributed by atoms with Crippen molar-refractivity contribution in [1.82, 2.24) is 4.57 Å². The Morgan fingerprint density at radius 2 is 1.42 bits per heavy atom. The standard InChI is InChI=1S/C33H36FN3O7S/c1-21(2)36-28(18-17-26(38)19-27(39)20-29(40)41)30(23-13-15-24(34)16-14-23)31(22-9-5-3-6-10-22)32(36)33(42)37(45(35,43)44)25-11-7-4-8-12-25/h3-16,21,26-27,38-39H,17-20H2,1-2H3,(H,40,41)(H2,35,43,44). The molecule has 0 aliphatic rings. The molecule has 0 saturated carbocycles. The zero-order valence-electron chi connectivity index (χ0n) is 24.9. The number of anilines is 1. The van der Waals surface area contributed by atoms with E-state index < -0.39 is 52.6 Å². The van der Waals surface area contributed by atoms with Gasteiger partial charge in [0, 0.05) is 22.9 Å². The molecule has 0 spiro atoms. The first kappa shape index (κ1) is 33.5. The summed E-state index contributed by atoms with van der Waals surface area (Å²) in [5.41, 5.74) is 2.64. The first-order valence-corrected chi connectivity index (χ1v) is 15.9. The van der Waals surface area contributed by atoms with Crippen molar-refractivity contribution in [2.24, 2.45) is 5.14 Å². The van der Waals surface area contributed by atoms with Gasteiger partial charge < -0.3 is 19.9 Å². The van der Waals surface area contributed by atoms with Crippen molar-refractivity contribution in [3.8, 4) is 22.3 Å². The molecule has 0 aliphatic carbocycles. The Morgan fingerprint density at radius 1 is 0.867 bits per heavy atom. The summed E-state index contributed by atoms with van der Waals surface area (Å²) in [6.07, 6.45) is -2.87. The highest BCUT2D eigenvalue weighted by Crippen LogP contribution is 2.43. The predicted octanol–water partition coefficient (Wildman–Crippen LogP) is 4.91. The van der Waals surface area contributed by atoms with Gasteiger partial charge in [-0.25, -0.2) is 9.53 Å². The fourth-order valence-corrected chi connectivity index (χ4v) is 6.27. The number of aromatic nitrogens is 1. The molecule has 0 saturated heterocycles. The number of hydrogen-bond donors (Lipinski definition) is 4. The monoisotopic (exact) mass is 637 g/mol. The summed E-state index contributed by atoms with van der Waals surface area (Å²) < 4.78 is 42.4. The number of carboxylic acid groups (broad SMARTS) is 1. The molecule has 10 nitrogen and oxygen atoms in total. The van der Waals surface area contributed by atoms with Gasteiger partial charge in [0.1, 0.15) is 11.5 Å². The van der Waals surface area contributed by atoms with E-state index in [0.29, 0.717) is 32.3 Å². The summed E-state index contributed by atoms with van der Waals surface area (Å²) in [5.74, 6) is -2.59. The molecule has 0 fully saturated rings. The Bertz CT molecular complexity index is 1740. The highest BCUT2D eigenvalue weighted by Gasteiger charge is 2.36. The van der Waals surface area contributed by atoms with E-state index in [1.54, 1.807) is 65.2 Å². The number of nitrogens with two attached hydrogens (primary N) is 1. The fraction of sp³-hybridized carbons (Fsp3) is 0.273. The Hall–Kier alpha value is -4.36. The van der Waals surface area contributed by atoms with Crippen molar-refractivity contribution < 1.29 is 37.7 Å². The van der Waals surface area contributed by atoms with Gasteiger partial charge in [-0.15, -0.1) is 0 Å². The van der Waals surface area contributed by atoms with E-state index in [9.17, 15) is 32.6 Å². The first-order chi connectivity index (χ1) is 21.3. The van der Waals surface area contributed by atoms with Crippen LogP contribution in [-0.2, 0) is 21.4 Å². The Morgan fingerprint density at radius 3 is 1.96 bits per heavy atom. The van der Waals surface area contributed by atoms with Crippen molar-refractivity contribution in [3.05, 3.63) is 102 Å². The van der Waals surface area contributed by atoms with Crippen LogP contribution in [0.25, 0.3) is 22.3 Å². The Labute approximate surface area is 261 Å². The van der Waals surface area contributed by atoms with Crippen molar-refractivity contribution in [1.29, 1.82) is 0 Å². The second-order valence-corrected chi connectivity index (χ2v) is 12.4. The second kappa shape index (κ2) is 14.2. The van der Waals surface area contributed by atoms with E-state index >= 15 is 0 Å². The maximum Gasteiger partial charge on any atom is 0.305 e.